The molecule has 2 aromatic carbocycles. The van der Waals surface area contributed by atoms with Gasteiger partial charge in [-0.2, -0.15) is 10.2 Å². The third kappa shape index (κ3) is 11.4. The number of azo groups is 1. The third-order valence-electron chi connectivity index (χ3n) is 5.93. The van der Waals surface area contributed by atoms with Gasteiger partial charge < -0.3 is 9.47 Å². The molecule has 0 fully saturated rings. The van der Waals surface area contributed by atoms with Gasteiger partial charge in [-0.25, -0.2) is 4.79 Å². The van der Waals surface area contributed by atoms with Crippen LogP contribution in [0.5, 0.6) is 5.75 Å². The van der Waals surface area contributed by atoms with E-state index < -0.39 is 0 Å². The number of unbranched alkanes of at least 4 members (excludes halogenated alkanes) is 8. The first kappa shape index (κ1) is 27.6. The maximum atomic E-state index is 12.1. The highest BCUT2D eigenvalue weighted by Gasteiger charge is 2.09. The van der Waals surface area contributed by atoms with Gasteiger partial charge in [0.2, 0.25) is 0 Å². The fourth-order valence-corrected chi connectivity index (χ4v) is 3.41. The quantitative estimate of drug-likeness (QED) is 0.133. The van der Waals surface area contributed by atoms with E-state index in [2.05, 4.69) is 31.0 Å². The Morgan fingerprint density at radius 3 is 1.85 bits per heavy atom. The highest BCUT2D eigenvalue weighted by Crippen LogP contribution is 2.22. The Morgan fingerprint density at radius 2 is 1.29 bits per heavy atom. The van der Waals surface area contributed by atoms with Crippen molar-refractivity contribution >= 4 is 17.3 Å². The van der Waals surface area contributed by atoms with Crippen molar-refractivity contribution < 1.29 is 14.3 Å². The summed E-state index contributed by atoms with van der Waals surface area (Å²) in [4.78, 5) is 12.1. The Bertz CT molecular complexity index is 831. The Kier molecular flexibility index (Phi) is 13.7. The van der Waals surface area contributed by atoms with Crippen LogP contribution < -0.4 is 4.74 Å². The molecular formula is C29H42N2O3. The highest BCUT2D eigenvalue weighted by molar-refractivity contribution is 5.89. The standard InChI is InChI=1S/C29H42N2O3/c1-4-6-7-8-9-10-11-12-13-22-33-28-20-18-27(19-21-28)31-30-26-16-14-25(15-17-26)29(32)34-23-24(3)5-2/h14-21,24H,4-13,22-23H2,1-3H3/t24-/m0/s1. The van der Waals surface area contributed by atoms with E-state index in [9.17, 15) is 4.79 Å². The summed E-state index contributed by atoms with van der Waals surface area (Å²) < 4.78 is 11.2. The number of carbonyl (C=O) groups is 1. The molecule has 0 aliphatic rings. The number of hydrogen-bond donors (Lipinski definition) is 0. The molecule has 2 aromatic rings. The topological polar surface area (TPSA) is 60.2 Å². The fourth-order valence-electron chi connectivity index (χ4n) is 3.41. The van der Waals surface area contributed by atoms with Gasteiger partial charge in [-0.1, -0.05) is 78.6 Å². The van der Waals surface area contributed by atoms with Crippen molar-refractivity contribution in [3.63, 3.8) is 0 Å². The molecule has 0 aliphatic carbocycles. The molecule has 34 heavy (non-hydrogen) atoms. The van der Waals surface area contributed by atoms with Crippen LogP contribution in [0.4, 0.5) is 11.4 Å². The minimum atomic E-state index is -0.304. The molecule has 0 aliphatic heterocycles. The van der Waals surface area contributed by atoms with E-state index in [1.807, 2.05) is 24.3 Å². The second kappa shape index (κ2) is 16.9. The largest absolute Gasteiger partial charge is 0.494 e. The molecule has 2 rings (SSSR count). The first-order valence-electron chi connectivity index (χ1n) is 13.0. The summed E-state index contributed by atoms with van der Waals surface area (Å²) in [5.41, 5.74) is 1.97. The summed E-state index contributed by atoms with van der Waals surface area (Å²) in [6.07, 6.45) is 12.8. The van der Waals surface area contributed by atoms with Crippen LogP contribution in [0.15, 0.2) is 58.8 Å². The molecule has 1 atom stereocenters. The summed E-state index contributed by atoms with van der Waals surface area (Å²) in [7, 11) is 0. The smallest absolute Gasteiger partial charge is 0.338 e. The van der Waals surface area contributed by atoms with Crippen LogP contribution in [0.25, 0.3) is 0 Å². The van der Waals surface area contributed by atoms with Crippen LogP contribution in [-0.2, 0) is 4.74 Å². The SMILES string of the molecule is CCCCCCCCCCCOc1ccc(N=Nc2ccc(C(=O)OC[C@@H](C)CC)cc2)cc1. The second-order valence-electron chi connectivity index (χ2n) is 9.03. The van der Waals surface area contributed by atoms with Crippen molar-refractivity contribution in [2.75, 3.05) is 13.2 Å². The molecule has 0 aromatic heterocycles. The maximum absolute atomic E-state index is 12.1. The van der Waals surface area contributed by atoms with Gasteiger partial charge in [0.25, 0.3) is 0 Å². The number of nitrogens with zero attached hydrogens (tertiary/aromatic N) is 2. The van der Waals surface area contributed by atoms with Gasteiger partial charge >= 0.3 is 5.97 Å². The molecule has 5 nitrogen and oxygen atoms in total. The number of ether oxygens (including phenoxy) is 2. The Hall–Kier alpha value is -2.69. The zero-order valence-corrected chi connectivity index (χ0v) is 21.3. The van der Waals surface area contributed by atoms with Gasteiger partial charge in [-0.3, -0.25) is 0 Å². The molecule has 0 spiro atoms. The summed E-state index contributed by atoms with van der Waals surface area (Å²) in [6, 6.07) is 14.6. The van der Waals surface area contributed by atoms with Crippen molar-refractivity contribution in [3.8, 4) is 5.75 Å². The molecule has 5 heteroatoms. The second-order valence-corrected chi connectivity index (χ2v) is 9.03. The molecule has 0 radical (unpaired) electrons. The van der Waals surface area contributed by atoms with E-state index in [0.29, 0.717) is 23.8 Å². The average Bonchev–Trinajstić information content (AvgIpc) is 2.88. The predicted molar refractivity (Wildman–Crippen MR) is 140 cm³/mol. The molecule has 0 saturated heterocycles. The van der Waals surface area contributed by atoms with Crippen LogP contribution in [0.3, 0.4) is 0 Å². The predicted octanol–water partition coefficient (Wildman–Crippen LogP) is 9.21. The zero-order valence-electron chi connectivity index (χ0n) is 21.3. The number of hydrogen-bond acceptors (Lipinski definition) is 5. The summed E-state index contributed by atoms with van der Waals surface area (Å²) in [5.74, 6) is 0.921. The van der Waals surface area contributed by atoms with Crippen LogP contribution >= 0.6 is 0 Å². The first-order chi connectivity index (χ1) is 16.6. The lowest BCUT2D eigenvalue weighted by atomic mass is 10.1. The monoisotopic (exact) mass is 466 g/mol. The maximum Gasteiger partial charge on any atom is 0.338 e. The van der Waals surface area contributed by atoms with Crippen molar-refractivity contribution in [2.45, 2.75) is 85.0 Å². The molecule has 0 N–H and O–H groups in total. The third-order valence-corrected chi connectivity index (χ3v) is 5.93. The molecule has 186 valence electrons. The van der Waals surface area contributed by atoms with Gasteiger partial charge in [-0.05, 0) is 60.9 Å². The lowest BCUT2D eigenvalue weighted by Gasteiger charge is -2.09. The van der Waals surface area contributed by atoms with Crippen molar-refractivity contribution in [1.82, 2.24) is 0 Å². The van der Waals surface area contributed by atoms with Gasteiger partial charge in [0.15, 0.2) is 0 Å². The van der Waals surface area contributed by atoms with Gasteiger partial charge in [0.1, 0.15) is 5.75 Å². The number of carbonyl (C=O) groups excluding carboxylic acids is 1. The Labute approximate surface area is 206 Å². The lowest BCUT2D eigenvalue weighted by molar-refractivity contribution is 0.0447. The van der Waals surface area contributed by atoms with Crippen LogP contribution in [0, 0.1) is 5.92 Å². The molecule has 0 heterocycles. The average molecular weight is 467 g/mol. The van der Waals surface area contributed by atoms with Gasteiger partial charge in [-0.15, -0.1) is 0 Å². The molecule has 0 bridgehead atoms. The molecule has 0 saturated carbocycles. The zero-order chi connectivity index (χ0) is 24.4. The highest BCUT2D eigenvalue weighted by atomic mass is 16.5. The van der Waals surface area contributed by atoms with Crippen LogP contribution in [0.1, 0.15) is 95.3 Å². The minimum Gasteiger partial charge on any atom is -0.494 e. The summed E-state index contributed by atoms with van der Waals surface area (Å²) >= 11 is 0. The van der Waals surface area contributed by atoms with Crippen LogP contribution in [0.2, 0.25) is 0 Å². The minimum absolute atomic E-state index is 0.304. The van der Waals surface area contributed by atoms with E-state index in [1.165, 1.54) is 51.4 Å². The van der Waals surface area contributed by atoms with E-state index >= 15 is 0 Å². The lowest BCUT2D eigenvalue weighted by Crippen LogP contribution is -2.11. The van der Waals surface area contributed by atoms with E-state index in [1.54, 1.807) is 24.3 Å². The molecule has 0 unspecified atom stereocenters. The van der Waals surface area contributed by atoms with Gasteiger partial charge in [0, 0.05) is 0 Å². The Morgan fingerprint density at radius 1 is 0.765 bits per heavy atom. The molecule has 0 amide bonds. The number of benzene rings is 2. The molecular weight excluding hydrogens is 424 g/mol. The van der Waals surface area contributed by atoms with E-state index in [-0.39, 0.29) is 5.97 Å². The van der Waals surface area contributed by atoms with E-state index in [4.69, 9.17) is 9.47 Å². The first-order valence-corrected chi connectivity index (χ1v) is 13.0. The fraction of sp³-hybridized carbons (Fsp3) is 0.552. The number of rotatable bonds is 17. The van der Waals surface area contributed by atoms with Gasteiger partial charge in [0.05, 0.1) is 30.2 Å². The number of esters is 1. The van der Waals surface area contributed by atoms with Crippen molar-refractivity contribution in [3.05, 3.63) is 54.1 Å². The van der Waals surface area contributed by atoms with Crippen LogP contribution in [-0.4, -0.2) is 19.2 Å². The van der Waals surface area contributed by atoms with E-state index in [0.717, 1.165) is 30.9 Å². The van der Waals surface area contributed by atoms with Crippen molar-refractivity contribution in [2.24, 2.45) is 16.1 Å². The normalized spacial score (nSPS) is 12.1. The Balaban J connectivity index is 1.66. The summed E-state index contributed by atoms with van der Waals surface area (Å²) in [5, 5.41) is 8.53. The summed E-state index contributed by atoms with van der Waals surface area (Å²) in [6.45, 7) is 7.60. The van der Waals surface area contributed by atoms with Crippen molar-refractivity contribution in [1.29, 1.82) is 0 Å².